The molecule has 0 atom stereocenters. The molecule has 4 heteroatoms. The van der Waals surface area contributed by atoms with E-state index in [-0.39, 0.29) is 12.0 Å². The molecule has 98 valence electrons. The Morgan fingerprint density at radius 2 is 1.94 bits per heavy atom. The highest BCUT2D eigenvalue weighted by molar-refractivity contribution is 5.97. The number of carbonyl (C=O) groups is 1. The number of hydrogen-bond donors (Lipinski definition) is 0. The Kier molecular flexibility index (Phi) is 4.20. The quantitative estimate of drug-likeness (QED) is 0.822. The van der Waals surface area contributed by atoms with Crippen molar-refractivity contribution < 1.29 is 14.3 Å². The first-order chi connectivity index (χ1) is 8.68. The number of amides is 1. The first kappa shape index (κ1) is 12.9. The summed E-state index contributed by atoms with van der Waals surface area (Å²) in [5.41, 5.74) is 0.633. The molecule has 1 heterocycles. The minimum absolute atomic E-state index is 0.0227. The topological polar surface area (TPSA) is 38.8 Å². The number of ether oxygens (including phenoxy) is 2. The van der Waals surface area contributed by atoms with E-state index in [0.717, 1.165) is 0 Å². The maximum absolute atomic E-state index is 12.4. The molecule has 2 rings (SSSR count). The lowest BCUT2D eigenvalue weighted by Gasteiger charge is -2.27. The molecule has 1 amide bonds. The third kappa shape index (κ3) is 3.01. The van der Waals surface area contributed by atoms with Crippen molar-refractivity contribution in [3.63, 3.8) is 0 Å². The van der Waals surface area contributed by atoms with Crippen molar-refractivity contribution in [2.45, 2.75) is 20.0 Å². The van der Waals surface area contributed by atoms with Crippen LogP contribution < -0.4 is 4.74 Å². The van der Waals surface area contributed by atoms with Gasteiger partial charge < -0.3 is 14.4 Å². The summed E-state index contributed by atoms with van der Waals surface area (Å²) in [5.74, 6) is 0.679. The second-order valence-electron chi connectivity index (χ2n) is 4.57. The SMILES string of the molecule is CC(C)Oc1ccccc1C(=O)N1CCOCC1. The first-order valence-electron chi connectivity index (χ1n) is 6.31. The van der Waals surface area contributed by atoms with Gasteiger partial charge in [-0.3, -0.25) is 4.79 Å². The number of benzene rings is 1. The van der Waals surface area contributed by atoms with E-state index in [0.29, 0.717) is 37.6 Å². The molecular formula is C14H19NO3. The van der Waals surface area contributed by atoms with Gasteiger partial charge >= 0.3 is 0 Å². The molecule has 1 saturated heterocycles. The van der Waals surface area contributed by atoms with E-state index in [1.165, 1.54) is 0 Å². The molecular weight excluding hydrogens is 230 g/mol. The number of carbonyl (C=O) groups excluding carboxylic acids is 1. The van der Waals surface area contributed by atoms with Gasteiger partial charge in [0.25, 0.3) is 5.91 Å². The third-order valence-corrected chi connectivity index (χ3v) is 2.78. The summed E-state index contributed by atoms with van der Waals surface area (Å²) >= 11 is 0. The van der Waals surface area contributed by atoms with Crippen molar-refractivity contribution >= 4 is 5.91 Å². The van der Waals surface area contributed by atoms with Crippen LogP contribution in [-0.4, -0.2) is 43.2 Å². The third-order valence-electron chi connectivity index (χ3n) is 2.78. The average molecular weight is 249 g/mol. The van der Waals surface area contributed by atoms with Crippen LogP contribution in [0.2, 0.25) is 0 Å². The molecule has 1 aromatic rings. The Hall–Kier alpha value is -1.55. The van der Waals surface area contributed by atoms with Gasteiger partial charge in [0, 0.05) is 13.1 Å². The van der Waals surface area contributed by atoms with Crippen molar-refractivity contribution in [1.82, 2.24) is 4.90 Å². The minimum atomic E-state index is 0.0227. The lowest BCUT2D eigenvalue weighted by atomic mass is 10.1. The van der Waals surface area contributed by atoms with Crippen molar-refractivity contribution in [1.29, 1.82) is 0 Å². The summed E-state index contributed by atoms with van der Waals surface area (Å²) < 4.78 is 10.9. The highest BCUT2D eigenvalue weighted by Crippen LogP contribution is 2.21. The monoisotopic (exact) mass is 249 g/mol. The van der Waals surface area contributed by atoms with E-state index in [1.54, 1.807) is 0 Å². The number of morpholine rings is 1. The first-order valence-corrected chi connectivity index (χ1v) is 6.31. The molecule has 1 aliphatic heterocycles. The highest BCUT2D eigenvalue weighted by Gasteiger charge is 2.21. The highest BCUT2D eigenvalue weighted by atomic mass is 16.5. The van der Waals surface area contributed by atoms with Crippen LogP contribution in [0.5, 0.6) is 5.75 Å². The smallest absolute Gasteiger partial charge is 0.257 e. The Bertz CT molecular complexity index is 411. The molecule has 1 aromatic carbocycles. The molecule has 0 aromatic heterocycles. The maximum atomic E-state index is 12.4. The lowest BCUT2D eigenvalue weighted by molar-refractivity contribution is 0.0299. The molecule has 18 heavy (non-hydrogen) atoms. The van der Waals surface area contributed by atoms with Gasteiger partial charge in [0.05, 0.1) is 24.9 Å². The predicted molar refractivity (Wildman–Crippen MR) is 68.9 cm³/mol. The van der Waals surface area contributed by atoms with Gasteiger partial charge in [-0.1, -0.05) is 12.1 Å². The summed E-state index contributed by atoms with van der Waals surface area (Å²) in [6.07, 6.45) is 0.0589. The van der Waals surface area contributed by atoms with Gasteiger partial charge in [0.15, 0.2) is 0 Å². The molecule has 0 N–H and O–H groups in total. The van der Waals surface area contributed by atoms with E-state index in [2.05, 4.69) is 0 Å². The average Bonchev–Trinajstić information content (AvgIpc) is 2.39. The predicted octanol–water partition coefficient (Wildman–Crippen LogP) is 1.95. The minimum Gasteiger partial charge on any atom is -0.490 e. The van der Waals surface area contributed by atoms with Crippen LogP contribution in [0, 0.1) is 0 Å². The van der Waals surface area contributed by atoms with E-state index in [4.69, 9.17) is 9.47 Å². The molecule has 0 saturated carbocycles. The van der Waals surface area contributed by atoms with E-state index < -0.39 is 0 Å². The molecule has 0 bridgehead atoms. The maximum Gasteiger partial charge on any atom is 0.257 e. The van der Waals surface area contributed by atoms with Crippen LogP contribution in [0.4, 0.5) is 0 Å². The molecule has 0 aliphatic carbocycles. The van der Waals surface area contributed by atoms with Crippen molar-refractivity contribution in [2.75, 3.05) is 26.3 Å². The number of rotatable bonds is 3. The number of nitrogens with zero attached hydrogens (tertiary/aromatic N) is 1. The van der Waals surface area contributed by atoms with Crippen LogP contribution in [-0.2, 0) is 4.74 Å². The van der Waals surface area contributed by atoms with Gasteiger partial charge in [-0.05, 0) is 26.0 Å². The zero-order valence-electron chi connectivity index (χ0n) is 10.9. The standard InChI is InChI=1S/C14H19NO3/c1-11(2)18-13-6-4-3-5-12(13)14(16)15-7-9-17-10-8-15/h3-6,11H,7-10H2,1-2H3. The second-order valence-corrected chi connectivity index (χ2v) is 4.57. The molecule has 1 fully saturated rings. The Labute approximate surface area is 107 Å². The van der Waals surface area contributed by atoms with E-state index in [1.807, 2.05) is 43.0 Å². The largest absolute Gasteiger partial charge is 0.490 e. The summed E-state index contributed by atoms with van der Waals surface area (Å²) in [6, 6.07) is 7.40. The van der Waals surface area contributed by atoms with E-state index >= 15 is 0 Å². The van der Waals surface area contributed by atoms with Gasteiger partial charge in [-0.25, -0.2) is 0 Å². The summed E-state index contributed by atoms with van der Waals surface area (Å²) in [4.78, 5) is 14.2. The van der Waals surface area contributed by atoms with Crippen molar-refractivity contribution in [3.8, 4) is 5.75 Å². The molecule has 4 nitrogen and oxygen atoms in total. The van der Waals surface area contributed by atoms with Crippen LogP contribution in [0.15, 0.2) is 24.3 Å². The fourth-order valence-electron chi connectivity index (χ4n) is 1.94. The molecule has 0 unspecified atom stereocenters. The van der Waals surface area contributed by atoms with Gasteiger partial charge in [-0.2, -0.15) is 0 Å². The Balaban J connectivity index is 2.18. The number of hydrogen-bond acceptors (Lipinski definition) is 3. The fourth-order valence-corrected chi connectivity index (χ4v) is 1.94. The van der Waals surface area contributed by atoms with Crippen molar-refractivity contribution in [3.05, 3.63) is 29.8 Å². The second kappa shape index (κ2) is 5.87. The zero-order valence-corrected chi connectivity index (χ0v) is 10.9. The molecule has 1 aliphatic rings. The summed E-state index contributed by atoms with van der Waals surface area (Å²) in [5, 5.41) is 0. The summed E-state index contributed by atoms with van der Waals surface area (Å²) in [6.45, 7) is 6.42. The number of para-hydroxylation sites is 1. The molecule has 0 radical (unpaired) electrons. The van der Waals surface area contributed by atoms with Gasteiger partial charge in [0.2, 0.25) is 0 Å². The van der Waals surface area contributed by atoms with Crippen LogP contribution in [0.25, 0.3) is 0 Å². The van der Waals surface area contributed by atoms with Crippen molar-refractivity contribution in [2.24, 2.45) is 0 Å². The van der Waals surface area contributed by atoms with Gasteiger partial charge in [-0.15, -0.1) is 0 Å². The Morgan fingerprint density at radius 3 is 2.61 bits per heavy atom. The van der Waals surface area contributed by atoms with Crippen LogP contribution >= 0.6 is 0 Å². The normalized spacial score (nSPS) is 15.8. The molecule has 0 spiro atoms. The summed E-state index contributed by atoms with van der Waals surface area (Å²) in [7, 11) is 0. The zero-order chi connectivity index (χ0) is 13.0. The Morgan fingerprint density at radius 1 is 1.28 bits per heavy atom. The van der Waals surface area contributed by atoms with E-state index in [9.17, 15) is 4.79 Å². The van der Waals surface area contributed by atoms with Crippen LogP contribution in [0.1, 0.15) is 24.2 Å². The fraction of sp³-hybridized carbons (Fsp3) is 0.500. The van der Waals surface area contributed by atoms with Gasteiger partial charge in [0.1, 0.15) is 5.75 Å². The van der Waals surface area contributed by atoms with Crippen LogP contribution in [0.3, 0.4) is 0 Å². The lowest BCUT2D eigenvalue weighted by Crippen LogP contribution is -2.40.